The van der Waals surface area contributed by atoms with Crippen LogP contribution in [0.15, 0.2) is 36.7 Å². The summed E-state index contributed by atoms with van der Waals surface area (Å²) >= 11 is 0. The number of halogens is 3. The predicted octanol–water partition coefficient (Wildman–Crippen LogP) is 4.06. The number of fused-ring (bicyclic) bond motifs is 5. The van der Waals surface area contributed by atoms with Gasteiger partial charge in [-0.25, -0.2) is 17.7 Å². The number of carbonyl (C=O) groups is 1. The largest absolute Gasteiger partial charge is 0.495 e. The molecule has 0 saturated carbocycles. The molecular weight excluding hydrogens is 447 g/mol. The van der Waals surface area contributed by atoms with E-state index in [0.717, 1.165) is 30.5 Å². The lowest BCUT2D eigenvalue weighted by Gasteiger charge is -2.34. The summed E-state index contributed by atoms with van der Waals surface area (Å²) in [5.41, 5.74) is 3.48. The second-order valence-corrected chi connectivity index (χ2v) is 8.71. The Morgan fingerprint density at radius 1 is 1.15 bits per heavy atom. The Morgan fingerprint density at radius 3 is 2.65 bits per heavy atom. The average Bonchev–Trinajstić information content (AvgIpc) is 3.49. The number of aryl methyl sites for hydroxylation is 1. The fourth-order valence-corrected chi connectivity index (χ4v) is 5.40. The number of methoxy groups -OCH3 is 1. The van der Waals surface area contributed by atoms with Gasteiger partial charge in [-0.05, 0) is 43.5 Å². The zero-order valence-electron chi connectivity index (χ0n) is 18.4. The Morgan fingerprint density at radius 2 is 1.91 bits per heavy atom. The number of hydrogen-bond acceptors (Lipinski definition) is 4. The molecule has 6 rings (SSSR count). The van der Waals surface area contributed by atoms with Crippen molar-refractivity contribution < 1.29 is 22.7 Å². The highest BCUT2D eigenvalue weighted by Gasteiger charge is 2.46. The predicted molar refractivity (Wildman–Crippen MR) is 116 cm³/mol. The van der Waals surface area contributed by atoms with Crippen molar-refractivity contribution in [3.63, 3.8) is 0 Å². The Kier molecular flexibility index (Phi) is 4.48. The molecule has 7 nitrogen and oxygen atoms in total. The van der Waals surface area contributed by atoms with Gasteiger partial charge in [-0.2, -0.15) is 10.2 Å². The van der Waals surface area contributed by atoms with E-state index in [0.29, 0.717) is 34.6 Å². The molecule has 174 valence electrons. The Bertz CT molecular complexity index is 1450. The van der Waals surface area contributed by atoms with Gasteiger partial charge in [0.05, 0.1) is 48.0 Å². The second-order valence-electron chi connectivity index (χ2n) is 8.71. The minimum Gasteiger partial charge on any atom is -0.495 e. The van der Waals surface area contributed by atoms with Gasteiger partial charge in [0, 0.05) is 24.2 Å². The number of aromatic nitrogens is 4. The van der Waals surface area contributed by atoms with Crippen LogP contribution in [-0.2, 0) is 13.5 Å². The number of amides is 1. The number of rotatable bonds is 3. The molecular formula is C24H20F3N5O2. The fourth-order valence-electron chi connectivity index (χ4n) is 5.40. The highest BCUT2D eigenvalue weighted by Crippen LogP contribution is 2.47. The molecule has 0 unspecified atom stereocenters. The van der Waals surface area contributed by atoms with Crippen LogP contribution in [0.4, 0.5) is 13.2 Å². The average molecular weight is 467 g/mol. The lowest BCUT2D eigenvalue weighted by molar-refractivity contribution is 0.0644. The fraction of sp³-hybridized carbons (Fsp3) is 0.292. The van der Waals surface area contributed by atoms with Crippen molar-refractivity contribution in [2.75, 3.05) is 7.11 Å². The minimum absolute atomic E-state index is 0.0868. The van der Waals surface area contributed by atoms with Crippen molar-refractivity contribution in [3.05, 3.63) is 70.9 Å². The molecule has 2 aliphatic heterocycles. The van der Waals surface area contributed by atoms with Crippen LogP contribution in [0.25, 0.3) is 16.8 Å². The van der Waals surface area contributed by atoms with Crippen molar-refractivity contribution in [2.45, 2.75) is 31.3 Å². The van der Waals surface area contributed by atoms with Gasteiger partial charge in [0.25, 0.3) is 5.91 Å². The summed E-state index contributed by atoms with van der Waals surface area (Å²) in [6.45, 7) is 0. The first-order chi connectivity index (χ1) is 16.4. The molecule has 2 aliphatic rings. The Labute approximate surface area is 192 Å². The van der Waals surface area contributed by atoms with Crippen LogP contribution in [0.5, 0.6) is 5.75 Å². The third-order valence-corrected chi connectivity index (χ3v) is 6.88. The monoisotopic (exact) mass is 467 g/mol. The van der Waals surface area contributed by atoms with Crippen molar-refractivity contribution >= 4 is 11.4 Å². The normalized spacial score (nSPS) is 19.0. The van der Waals surface area contributed by atoms with E-state index < -0.39 is 17.5 Å². The first-order valence-corrected chi connectivity index (χ1v) is 10.9. The molecule has 1 fully saturated rings. The van der Waals surface area contributed by atoms with Gasteiger partial charge in [0.1, 0.15) is 5.75 Å². The topological polar surface area (TPSA) is 64.7 Å². The molecule has 2 bridgehead atoms. The highest BCUT2D eigenvalue weighted by atomic mass is 19.2. The number of pyridine rings is 1. The van der Waals surface area contributed by atoms with Crippen LogP contribution >= 0.6 is 0 Å². The lowest BCUT2D eigenvalue weighted by Crippen LogP contribution is -2.41. The molecule has 5 heterocycles. The molecule has 10 heteroatoms. The zero-order valence-corrected chi connectivity index (χ0v) is 18.4. The van der Waals surface area contributed by atoms with Crippen molar-refractivity contribution in [1.29, 1.82) is 0 Å². The van der Waals surface area contributed by atoms with Crippen LogP contribution in [0.3, 0.4) is 0 Å². The molecule has 1 amide bonds. The quantitative estimate of drug-likeness (QED) is 0.427. The van der Waals surface area contributed by atoms with E-state index in [1.54, 1.807) is 47.9 Å². The van der Waals surface area contributed by atoms with Crippen LogP contribution in [0.2, 0.25) is 0 Å². The third kappa shape index (κ3) is 2.87. The molecule has 1 aromatic carbocycles. The van der Waals surface area contributed by atoms with Crippen molar-refractivity contribution in [3.8, 4) is 17.0 Å². The maximum Gasteiger partial charge on any atom is 0.258 e. The summed E-state index contributed by atoms with van der Waals surface area (Å²) in [7, 11) is 3.25. The van der Waals surface area contributed by atoms with E-state index in [1.807, 2.05) is 4.90 Å². The Hall–Kier alpha value is -3.82. The molecule has 0 spiro atoms. The zero-order chi connectivity index (χ0) is 23.7. The van der Waals surface area contributed by atoms with E-state index in [1.165, 1.54) is 0 Å². The van der Waals surface area contributed by atoms with Crippen LogP contribution in [-0.4, -0.2) is 43.4 Å². The van der Waals surface area contributed by atoms with Gasteiger partial charge in [-0.15, -0.1) is 0 Å². The summed E-state index contributed by atoms with van der Waals surface area (Å²) in [4.78, 5) is 15.5. The molecule has 0 radical (unpaired) electrons. The van der Waals surface area contributed by atoms with Crippen LogP contribution < -0.4 is 4.74 Å². The van der Waals surface area contributed by atoms with E-state index in [-0.39, 0.29) is 23.6 Å². The van der Waals surface area contributed by atoms with Gasteiger partial charge in [-0.1, -0.05) is 0 Å². The summed E-state index contributed by atoms with van der Waals surface area (Å²) in [6, 6.07) is 5.21. The smallest absolute Gasteiger partial charge is 0.258 e. The van der Waals surface area contributed by atoms with Gasteiger partial charge < -0.3 is 9.64 Å². The van der Waals surface area contributed by atoms with E-state index >= 15 is 0 Å². The van der Waals surface area contributed by atoms with Crippen molar-refractivity contribution in [2.24, 2.45) is 7.05 Å². The SMILES string of the molecule is COc1ccc2c(C(=O)N3[C@@H]4CC[C@H]3c3nn(C)c(-c5cc(F)c(F)c(F)c5)c3C4)cnn2c1. The molecule has 34 heavy (non-hydrogen) atoms. The number of hydrogen-bond donors (Lipinski definition) is 0. The molecule has 3 aromatic heterocycles. The van der Waals surface area contributed by atoms with Crippen molar-refractivity contribution in [1.82, 2.24) is 24.3 Å². The second kappa shape index (κ2) is 7.34. The van der Waals surface area contributed by atoms with E-state index in [2.05, 4.69) is 10.2 Å². The Balaban J connectivity index is 1.40. The summed E-state index contributed by atoms with van der Waals surface area (Å²) in [6.07, 6.45) is 5.28. The van der Waals surface area contributed by atoms with Crippen LogP contribution in [0, 0.1) is 17.5 Å². The summed E-state index contributed by atoms with van der Waals surface area (Å²) in [5.74, 6) is -3.49. The maximum absolute atomic E-state index is 13.9. The molecule has 2 atom stereocenters. The highest BCUT2D eigenvalue weighted by molar-refractivity contribution is 6.01. The third-order valence-electron chi connectivity index (χ3n) is 6.88. The maximum atomic E-state index is 13.9. The summed E-state index contributed by atoms with van der Waals surface area (Å²) < 4.78 is 49.8. The van der Waals surface area contributed by atoms with Crippen LogP contribution in [0.1, 0.15) is 40.5 Å². The minimum atomic E-state index is -1.50. The van der Waals surface area contributed by atoms with Gasteiger partial charge in [0.15, 0.2) is 17.5 Å². The number of benzene rings is 1. The molecule has 1 saturated heterocycles. The van der Waals surface area contributed by atoms with Gasteiger partial charge in [-0.3, -0.25) is 9.48 Å². The van der Waals surface area contributed by atoms with Gasteiger partial charge >= 0.3 is 0 Å². The molecule has 0 aliphatic carbocycles. The standard InChI is InChI=1S/C24H20F3N5O2/c1-30-23(12-7-17(25)21(27)18(26)8-12)15-9-13-3-5-20(22(15)29-30)32(13)24(33)16-10-28-31-11-14(34-2)4-6-19(16)31/h4,6-8,10-11,13,20H,3,5,9H2,1-2H3/t13-,20+/m1/s1. The first kappa shape index (κ1) is 20.8. The lowest BCUT2D eigenvalue weighted by atomic mass is 9.94. The number of nitrogens with zero attached hydrogens (tertiary/aromatic N) is 5. The van der Waals surface area contributed by atoms with E-state index in [9.17, 15) is 18.0 Å². The first-order valence-electron chi connectivity index (χ1n) is 10.9. The molecule has 4 aromatic rings. The number of ether oxygens (including phenoxy) is 1. The summed E-state index contributed by atoms with van der Waals surface area (Å²) in [5, 5.41) is 8.94. The molecule has 0 N–H and O–H groups in total. The van der Waals surface area contributed by atoms with E-state index in [4.69, 9.17) is 4.74 Å². The van der Waals surface area contributed by atoms with Gasteiger partial charge in [0.2, 0.25) is 0 Å². The number of carbonyl (C=O) groups excluding carboxylic acids is 1.